The molecule has 0 spiro atoms. The molecule has 0 fully saturated rings. The molecule has 0 rings (SSSR count). The molecule has 0 amide bonds. The second-order valence-corrected chi connectivity index (χ2v) is 1.75. The Kier molecular flexibility index (Phi) is 5.34. The van der Waals surface area contributed by atoms with E-state index in [1.165, 1.54) is 0 Å². The van der Waals surface area contributed by atoms with Crippen LogP contribution in [0.25, 0.3) is 0 Å². The number of carbonyl (C=O) groups excluding carboxylic acids is 1. The van der Waals surface area contributed by atoms with Gasteiger partial charge in [0.1, 0.15) is 0 Å². The van der Waals surface area contributed by atoms with Crippen molar-refractivity contribution in [1.82, 2.24) is 0 Å². The Morgan fingerprint density at radius 1 is 1.17 bits per heavy atom. The summed E-state index contributed by atoms with van der Waals surface area (Å²) in [4.78, 5) is 9.37. The molecule has 8 heteroatoms. The van der Waals surface area contributed by atoms with Crippen molar-refractivity contribution in [3.05, 3.63) is 0 Å². The first kappa shape index (κ1) is 14.6. The van der Waals surface area contributed by atoms with Gasteiger partial charge in [-0.2, -0.15) is 22.0 Å². The van der Waals surface area contributed by atoms with Crippen LogP contribution in [0, 0.1) is 0 Å². The van der Waals surface area contributed by atoms with E-state index in [0.717, 1.165) is 0 Å². The van der Waals surface area contributed by atoms with Crippen LogP contribution in [0.3, 0.4) is 0 Å². The molecule has 0 bridgehead atoms. The van der Waals surface area contributed by atoms with Crippen LogP contribution in [0.4, 0.5) is 22.0 Å². The molecule has 0 aliphatic rings. The SMILES string of the molecule is O=C([O-])CC(F)(F)C(F)(F)F.[Na+]. The van der Waals surface area contributed by atoms with Gasteiger partial charge in [0.05, 0.1) is 6.42 Å². The molecule has 0 aromatic heterocycles. The van der Waals surface area contributed by atoms with Crippen molar-refractivity contribution >= 4 is 5.97 Å². The van der Waals surface area contributed by atoms with Crippen LogP contribution in [0.2, 0.25) is 0 Å². The molecule has 0 saturated carbocycles. The topological polar surface area (TPSA) is 40.1 Å². The Bertz CT molecular complexity index is 165. The molecule has 66 valence electrons. The van der Waals surface area contributed by atoms with Gasteiger partial charge in [0.15, 0.2) is 0 Å². The fourth-order valence-corrected chi connectivity index (χ4v) is 0.282. The number of carboxylic acids is 1. The van der Waals surface area contributed by atoms with Crippen molar-refractivity contribution in [2.45, 2.75) is 18.5 Å². The minimum absolute atomic E-state index is 0. The Morgan fingerprint density at radius 2 is 1.50 bits per heavy atom. The van der Waals surface area contributed by atoms with Crippen molar-refractivity contribution in [1.29, 1.82) is 0 Å². The second kappa shape index (κ2) is 4.38. The average molecular weight is 200 g/mol. The number of halogens is 5. The number of carbonyl (C=O) groups is 1. The summed E-state index contributed by atoms with van der Waals surface area (Å²) in [6.45, 7) is 0. The normalized spacial score (nSPS) is 12.1. The summed E-state index contributed by atoms with van der Waals surface area (Å²) < 4.78 is 56.7. The van der Waals surface area contributed by atoms with Crippen LogP contribution in [0.5, 0.6) is 0 Å². The van der Waals surface area contributed by atoms with Gasteiger partial charge in [-0.3, -0.25) is 0 Å². The summed E-state index contributed by atoms with van der Waals surface area (Å²) in [6, 6.07) is 0. The van der Waals surface area contributed by atoms with Crippen LogP contribution in [0.15, 0.2) is 0 Å². The van der Waals surface area contributed by atoms with E-state index in [4.69, 9.17) is 0 Å². The Morgan fingerprint density at radius 3 is 1.58 bits per heavy atom. The minimum Gasteiger partial charge on any atom is -0.550 e. The van der Waals surface area contributed by atoms with E-state index < -0.39 is 24.5 Å². The third kappa shape index (κ3) is 4.22. The molecule has 2 nitrogen and oxygen atoms in total. The zero-order valence-electron chi connectivity index (χ0n) is 5.91. The van der Waals surface area contributed by atoms with Crippen molar-refractivity contribution < 1.29 is 61.4 Å². The minimum atomic E-state index is -5.83. The first-order valence-electron chi connectivity index (χ1n) is 2.31. The van der Waals surface area contributed by atoms with Crippen molar-refractivity contribution in [3.8, 4) is 0 Å². The maximum Gasteiger partial charge on any atom is 1.00 e. The van der Waals surface area contributed by atoms with E-state index in [0.29, 0.717) is 0 Å². The number of hydrogen-bond donors (Lipinski definition) is 0. The maximum absolute atomic E-state index is 11.6. The van der Waals surface area contributed by atoms with E-state index >= 15 is 0 Å². The molecular formula is C4H2F5NaO2. The Labute approximate surface area is 86.0 Å². The van der Waals surface area contributed by atoms with E-state index in [9.17, 15) is 31.9 Å². The fourth-order valence-electron chi connectivity index (χ4n) is 0.282. The van der Waals surface area contributed by atoms with Crippen LogP contribution < -0.4 is 34.7 Å². The molecule has 0 aliphatic heterocycles. The van der Waals surface area contributed by atoms with Crippen LogP contribution in [-0.4, -0.2) is 18.1 Å². The summed E-state index contributed by atoms with van der Waals surface area (Å²) in [5.41, 5.74) is 0. The molecular weight excluding hydrogens is 198 g/mol. The number of carboxylic acid groups (broad SMARTS) is 1. The molecule has 0 aliphatic carbocycles. The average Bonchev–Trinajstić information content (AvgIpc) is 1.56. The third-order valence-corrected chi connectivity index (χ3v) is 0.781. The second-order valence-electron chi connectivity index (χ2n) is 1.75. The molecule has 0 N–H and O–H groups in total. The zero-order chi connectivity index (χ0) is 9.28. The van der Waals surface area contributed by atoms with Gasteiger partial charge in [0, 0.05) is 5.97 Å². The van der Waals surface area contributed by atoms with Crippen molar-refractivity contribution in [3.63, 3.8) is 0 Å². The van der Waals surface area contributed by atoms with Gasteiger partial charge in [-0.05, 0) is 0 Å². The van der Waals surface area contributed by atoms with Crippen molar-refractivity contribution in [2.75, 3.05) is 0 Å². The molecule has 12 heavy (non-hydrogen) atoms. The molecule has 0 unspecified atom stereocenters. The van der Waals surface area contributed by atoms with E-state index in [1.807, 2.05) is 0 Å². The van der Waals surface area contributed by atoms with Gasteiger partial charge < -0.3 is 9.90 Å². The largest absolute Gasteiger partial charge is 1.00 e. The van der Waals surface area contributed by atoms with Gasteiger partial charge >= 0.3 is 41.7 Å². The van der Waals surface area contributed by atoms with E-state index in [1.54, 1.807) is 0 Å². The smallest absolute Gasteiger partial charge is 0.550 e. The fraction of sp³-hybridized carbons (Fsp3) is 0.750. The first-order chi connectivity index (χ1) is 4.67. The van der Waals surface area contributed by atoms with Crippen LogP contribution in [-0.2, 0) is 4.79 Å². The Balaban J connectivity index is 0. The van der Waals surface area contributed by atoms with Gasteiger partial charge in [-0.25, -0.2) is 0 Å². The number of alkyl halides is 5. The standard InChI is InChI=1S/C4H3F5O2.Na/c5-3(6,1-2(10)11)4(7,8)9;/h1H2,(H,10,11);/q;+1/p-1. The maximum atomic E-state index is 11.6. The third-order valence-electron chi connectivity index (χ3n) is 0.781. The summed E-state index contributed by atoms with van der Waals surface area (Å²) in [6.07, 6.45) is -8.16. The summed E-state index contributed by atoms with van der Waals surface area (Å²) in [5, 5.41) is 9.37. The van der Waals surface area contributed by atoms with Gasteiger partial charge in [0.2, 0.25) is 0 Å². The predicted molar refractivity (Wildman–Crippen MR) is 20.6 cm³/mol. The first-order valence-corrected chi connectivity index (χ1v) is 2.31. The molecule has 0 aromatic rings. The van der Waals surface area contributed by atoms with Gasteiger partial charge in [0.25, 0.3) is 0 Å². The van der Waals surface area contributed by atoms with Crippen molar-refractivity contribution in [2.24, 2.45) is 0 Å². The molecule has 0 aromatic carbocycles. The molecule has 0 heterocycles. The van der Waals surface area contributed by atoms with Crippen LogP contribution >= 0.6 is 0 Å². The predicted octanol–water partition coefficient (Wildman–Crippen LogP) is -2.67. The van der Waals surface area contributed by atoms with E-state index in [2.05, 4.69) is 0 Å². The molecule has 0 saturated heterocycles. The molecule has 0 radical (unpaired) electrons. The summed E-state index contributed by atoms with van der Waals surface area (Å²) in [5.74, 6) is -7.64. The summed E-state index contributed by atoms with van der Waals surface area (Å²) >= 11 is 0. The van der Waals surface area contributed by atoms with Gasteiger partial charge in [-0.15, -0.1) is 0 Å². The zero-order valence-corrected chi connectivity index (χ0v) is 7.91. The van der Waals surface area contributed by atoms with Crippen LogP contribution in [0.1, 0.15) is 6.42 Å². The summed E-state index contributed by atoms with van der Waals surface area (Å²) in [7, 11) is 0. The quantitative estimate of drug-likeness (QED) is 0.360. The Hall–Kier alpha value is 0.120. The number of hydrogen-bond acceptors (Lipinski definition) is 2. The van der Waals surface area contributed by atoms with E-state index in [-0.39, 0.29) is 29.6 Å². The number of aliphatic carboxylic acids is 1. The monoisotopic (exact) mass is 200 g/mol. The molecule has 0 atom stereocenters. The van der Waals surface area contributed by atoms with Gasteiger partial charge in [-0.1, -0.05) is 0 Å². The number of rotatable bonds is 2.